The first-order valence-electron chi connectivity index (χ1n) is 9.28. The number of para-hydroxylation sites is 1. The van der Waals surface area contributed by atoms with Crippen LogP contribution in [0.25, 0.3) is 5.69 Å². The molecule has 3 rings (SSSR count). The van der Waals surface area contributed by atoms with Crippen LogP contribution < -0.4 is 4.31 Å². The SMILES string of the molecule is CC[C@@H](C(=O)OC)N(c1ccccc1)S(=O)(=O)c1ccc(-n2cc(C)cn2)c(F)c1. The van der Waals surface area contributed by atoms with Crippen molar-refractivity contribution in [3.05, 3.63) is 72.3 Å². The van der Waals surface area contributed by atoms with Crippen molar-refractivity contribution in [3.63, 3.8) is 0 Å². The molecule has 30 heavy (non-hydrogen) atoms. The van der Waals surface area contributed by atoms with Crippen LogP contribution in [-0.4, -0.2) is 37.3 Å². The zero-order chi connectivity index (χ0) is 21.9. The van der Waals surface area contributed by atoms with E-state index in [0.29, 0.717) is 0 Å². The first kappa shape index (κ1) is 21.5. The Bertz CT molecular complexity index is 1150. The maximum Gasteiger partial charge on any atom is 0.329 e. The Kier molecular flexibility index (Phi) is 6.21. The van der Waals surface area contributed by atoms with Crippen molar-refractivity contribution in [1.29, 1.82) is 0 Å². The van der Waals surface area contributed by atoms with Crippen LogP contribution in [0.2, 0.25) is 0 Å². The lowest BCUT2D eigenvalue weighted by atomic mass is 10.2. The number of hydrogen-bond acceptors (Lipinski definition) is 5. The van der Waals surface area contributed by atoms with Crippen LogP contribution in [0.3, 0.4) is 0 Å². The molecule has 0 aliphatic heterocycles. The van der Waals surface area contributed by atoms with Gasteiger partial charge in [-0.1, -0.05) is 25.1 Å². The summed E-state index contributed by atoms with van der Waals surface area (Å²) in [5.41, 5.74) is 1.24. The lowest BCUT2D eigenvalue weighted by Crippen LogP contribution is -2.45. The topological polar surface area (TPSA) is 81.5 Å². The molecule has 1 aromatic heterocycles. The minimum Gasteiger partial charge on any atom is -0.467 e. The Labute approximate surface area is 174 Å². The lowest BCUT2D eigenvalue weighted by Gasteiger charge is -2.30. The zero-order valence-corrected chi connectivity index (χ0v) is 17.6. The summed E-state index contributed by atoms with van der Waals surface area (Å²) >= 11 is 0. The number of aryl methyl sites for hydroxylation is 1. The van der Waals surface area contributed by atoms with Gasteiger partial charge in [-0.05, 0) is 49.2 Å². The summed E-state index contributed by atoms with van der Waals surface area (Å²) in [6.45, 7) is 3.49. The highest BCUT2D eigenvalue weighted by atomic mass is 32.2. The third kappa shape index (κ3) is 4.06. The van der Waals surface area contributed by atoms with Crippen LogP contribution in [0.5, 0.6) is 0 Å². The normalized spacial score (nSPS) is 12.4. The molecule has 7 nitrogen and oxygen atoms in total. The zero-order valence-electron chi connectivity index (χ0n) is 16.8. The summed E-state index contributed by atoms with van der Waals surface area (Å²) in [5, 5.41) is 4.05. The summed E-state index contributed by atoms with van der Waals surface area (Å²) in [7, 11) is -3.08. The molecule has 0 saturated carbocycles. The molecule has 0 saturated heterocycles. The van der Waals surface area contributed by atoms with E-state index in [0.717, 1.165) is 15.9 Å². The largest absolute Gasteiger partial charge is 0.467 e. The van der Waals surface area contributed by atoms with Crippen molar-refractivity contribution in [1.82, 2.24) is 9.78 Å². The van der Waals surface area contributed by atoms with Gasteiger partial charge in [0.15, 0.2) is 0 Å². The second-order valence-electron chi connectivity index (χ2n) is 6.66. The Balaban J connectivity index is 2.11. The molecule has 158 valence electrons. The fourth-order valence-electron chi connectivity index (χ4n) is 3.12. The number of methoxy groups -OCH3 is 1. The van der Waals surface area contributed by atoms with Crippen LogP contribution in [0.15, 0.2) is 65.8 Å². The number of esters is 1. The van der Waals surface area contributed by atoms with E-state index in [2.05, 4.69) is 5.10 Å². The number of sulfonamides is 1. The van der Waals surface area contributed by atoms with E-state index in [9.17, 15) is 17.6 Å². The quantitative estimate of drug-likeness (QED) is 0.535. The second kappa shape index (κ2) is 8.66. The predicted octanol–water partition coefficient (Wildman–Crippen LogP) is 3.47. The fourth-order valence-corrected chi connectivity index (χ4v) is 4.81. The maximum absolute atomic E-state index is 14.8. The standard InChI is InChI=1S/C21H22FN3O4S/c1-4-19(21(26)29-3)25(16-8-6-5-7-9-16)30(27,28)17-10-11-20(18(22)12-17)24-14-15(2)13-23-24/h5-14,19H,4H2,1-3H3/t19-/m0/s1. The second-order valence-corrected chi connectivity index (χ2v) is 8.47. The van der Waals surface area contributed by atoms with Crippen molar-refractivity contribution in [2.75, 3.05) is 11.4 Å². The average Bonchev–Trinajstić information content (AvgIpc) is 3.17. The molecule has 0 amide bonds. The van der Waals surface area contributed by atoms with Gasteiger partial charge in [0.1, 0.15) is 17.5 Å². The third-order valence-electron chi connectivity index (χ3n) is 4.59. The summed E-state index contributed by atoms with van der Waals surface area (Å²) in [4.78, 5) is 12.1. The fraction of sp³-hybridized carbons (Fsp3) is 0.238. The van der Waals surface area contributed by atoms with Gasteiger partial charge in [0.2, 0.25) is 0 Å². The molecule has 0 fully saturated rings. The van der Waals surface area contributed by atoms with E-state index >= 15 is 0 Å². The molecule has 0 radical (unpaired) electrons. The number of carbonyl (C=O) groups is 1. The number of benzene rings is 2. The monoisotopic (exact) mass is 431 g/mol. The van der Waals surface area contributed by atoms with E-state index in [1.807, 2.05) is 6.92 Å². The van der Waals surface area contributed by atoms with Crippen molar-refractivity contribution in [2.45, 2.75) is 31.2 Å². The minimum absolute atomic E-state index is 0.119. The first-order valence-corrected chi connectivity index (χ1v) is 10.7. The molecular weight excluding hydrogens is 409 g/mol. The van der Waals surface area contributed by atoms with Crippen LogP contribution in [0.1, 0.15) is 18.9 Å². The van der Waals surface area contributed by atoms with E-state index in [-0.39, 0.29) is 22.7 Å². The predicted molar refractivity (Wildman–Crippen MR) is 110 cm³/mol. The van der Waals surface area contributed by atoms with Gasteiger partial charge in [-0.3, -0.25) is 4.31 Å². The smallest absolute Gasteiger partial charge is 0.329 e. The van der Waals surface area contributed by atoms with Crippen LogP contribution >= 0.6 is 0 Å². The number of carbonyl (C=O) groups excluding carboxylic acids is 1. The molecule has 0 N–H and O–H groups in total. The Morgan fingerprint density at radius 2 is 1.93 bits per heavy atom. The van der Waals surface area contributed by atoms with Gasteiger partial charge < -0.3 is 4.74 Å². The molecule has 1 heterocycles. The van der Waals surface area contributed by atoms with Crippen molar-refractivity contribution in [3.8, 4) is 5.69 Å². The van der Waals surface area contributed by atoms with Crippen LogP contribution in [0, 0.1) is 12.7 Å². The number of nitrogens with zero attached hydrogens (tertiary/aromatic N) is 3. The molecular formula is C21H22FN3O4S. The van der Waals surface area contributed by atoms with Crippen molar-refractivity contribution < 1.29 is 22.3 Å². The molecule has 0 bridgehead atoms. The average molecular weight is 431 g/mol. The van der Waals surface area contributed by atoms with Crippen molar-refractivity contribution >= 4 is 21.7 Å². The van der Waals surface area contributed by atoms with Crippen molar-refractivity contribution in [2.24, 2.45) is 0 Å². The van der Waals surface area contributed by atoms with Gasteiger partial charge in [0, 0.05) is 6.20 Å². The van der Waals surface area contributed by atoms with Gasteiger partial charge in [0.25, 0.3) is 10.0 Å². The van der Waals surface area contributed by atoms with Gasteiger partial charge in [-0.25, -0.2) is 22.3 Å². The van der Waals surface area contributed by atoms with E-state index in [1.165, 1.54) is 23.9 Å². The molecule has 3 aromatic rings. The van der Waals surface area contributed by atoms with Gasteiger partial charge >= 0.3 is 5.97 Å². The molecule has 1 atom stereocenters. The number of ether oxygens (including phenoxy) is 1. The Morgan fingerprint density at radius 1 is 1.23 bits per heavy atom. The molecule has 0 unspecified atom stereocenters. The summed E-state index contributed by atoms with van der Waals surface area (Å²) in [6.07, 6.45) is 3.38. The molecule has 0 aliphatic rings. The minimum atomic E-state index is -4.27. The van der Waals surface area contributed by atoms with Crippen LogP contribution in [0.4, 0.5) is 10.1 Å². The molecule has 2 aromatic carbocycles. The summed E-state index contributed by atoms with van der Waals surface area (Å²) < 4.78 is 48.9. The highest BCUT2D eigenvalue weighted by Gasteiger charge is 2.36. The number of hydrogen-bond donors (Lipinski definition) is 0. The lowest BCUT2D eigenvalue weighted by molar-refractivity contribution is -0.142. The highest BCUT2D eigenvalue weighted by molar-refractivity contribution is 7.93. The maximum atomic E-state index is 14.8. The molecule has 0 aliphatic carbocycles. The Morgan fingerprint density at radius 3 is 2.47 bits per heavy atom. The third-order valence-corrected chi connectivity index (χ3v) is 6.42. The number of halogens is 1. The Hall–Kier alpha value is -3.20. The van der Waals surface area contributed by atoms with Gasteiger partial charge in [0.05, 0.1) is 23.9 Å². The van der Waals surface area contributed by atoms with E-state index in [4.69, 9.17) is 4.74 Å². The molecule has 0 spiro atoms. The summed E-state index contributed by atoms with van der Waals surface area (Å²) in [6, 6.07) is 10.7. The number of aromatic nitrogens is 2. The van der Waals surface area contributed by atoms with Gasteiger partial charge in [-0.15, -0.1) is 0 Å². The summed E-state index contributed by atoms with van der Waals surface area (Å²) in [5.74, 6) is -1.45. The first-order chi connectivity index (χ1) is 14.3. The van der Waals surface area contributed by atoms with Crippen LogP contribution in [-0.2, 0) is 19.6 Å². The van der Waals surface area contributed by atoms with Gasteiger partial charge in [-0.2, -0.15) is 5.10 Å². The molecule has 9 heteroatoms. The number of rotatable bonds is 7. The number of anilines is 1. The van der Waals surface area contributed by atoms with E-state index < -0.39 is 27.9 Å². The van der Waals surface area contributed by atoms with E-state index in [1.54, 1.807) is 49.6 Å². The highest BCUT2D eigenvalue weighted by Crippen LogP contribution is 2.29.